The third-order valence-electron chi connectivity index (χ3n) is 2.65. The van der Waals surface area contributed by atoms with Gasteiger partial charge in [-0.1, -0.05) is 6.07 Å². The van der Waals surface area contributed by atoms with Crippen molar-refractivity contribution in [1.82, 2.24) is 10.6 Å². The highest BCUT2D eigenvalue weighted by Crippen LogP contribution is 2.30. The zero-order valence-electron chi connectivity index (χ0n) is 10.9. The van der Waals surface area contributed by atoms with Crippen molar-refractivity contribution in [2.45, 2.75) is 6.54 Å². The van der Waals surface area contributed by atoms with Crippen LogP contribution in [0.15, 0.2) is 18.2 Å². The Kier molecular flexibility index (Phi) is 4.85. The molecule has 0 saturated carbocycles. The van der Waals surface area contributed by atoms with Crippen LogP contribution in [0.2, 0.25) is 0 Å². The molecule has 1 aromatic rings. The number of rotatable bonds is 5. The van der Waals surface area contributed by atoms with Gasteiger partial charge in [0.1, 0.15) is 13.2 Å². The van der Waals surface area contributed by atoms with Gasteiger partial charge in [-0.2, -0.15) is 0 Å². The van der Waals surface area contributed by atoms with Crippen LogP contribution >= 0.6 is 0 Å². The number of hydrogen-bond acceptors (Lipinski definition) is 4. The molecule has 0 bridgehead atoms. The van der Waals surface area contributed by atoms with Gasteiger partial charge in [0.15, 0.2) is 11.5 Å². The molecule has 1 aromatic carbocycles. The van der Waals surface area contributed by atoms with Gasteiger partial charge in [0.05, 0.1) is 6.61 Å². The molecule has 6 heteroatoms. The Morgan fingerprint density at radius 3 is 2.84 bits per heavy atom. The number of urea groups is 1. The molecule has 2 N–H and O–H groups in total. The van der Waals surface area contributed by atoms with E-state index in [2.05, 4.69) is 10.6 Å². The summed E-state index contributed by atoms with van der Waals surface area (Å²) < 4.78 is 15.8. The van der Waals surface area contributed by atoms with Gasteiger partial charge in [-0.15, -0.1) is 0 Å². The number of nitrogens with one attached hydrogen (secondary N) is 2. The van der Waals surface area contributed by atoms with Crippen molar-refractivity contribution in [1.29, 1.82) is 0 Å². The topological polar surface area (TPSA) is 68.8 Å². The third kappa shape index (κ3) is 4.03. The third-order valence-corrected chi connectivity index (χ3v) is 2.65. The Balaban J connectivity index is 1.81. The van der Waals surface area contributed by atoms with Gasteiger partial charge in [-0.3, -0.25) is 0 Å². The normalized spacial score (nSPS) is 12.9. The van der Waals surface area contributed by atoms with Crippen LogP contribution < -0.4 is 20.1 Å². The first-order chi connectivity index (χ1) is 9.29. The van der Waals surface area contributed by atoms with Crippen LogP contribution in [0.25, 0.3) is 0 Å². The number of amides is 2. The Hall–Kier alpha value is -1.95. The Labute approximate surface area is 112 Å². The minimum Gasteiger partial charge on any atom is -0.486 e. The average molecular weight is 266 g/mol. The molecule has 1 heterocycles. The first-order valence-electron chi connectivity index (χ1n) is 6.19. The predicted octanol–water partition coefficient (Wildman–Crippen LogP) is 0.903. The van der Waals surface area contributed by atoms with Crippen LogP contribution in [-0.4, -0.2) is 39.5 Å². The molecule has 0 unspecified atom stereocenters. The predicted molar refractivity (Wildman–Crippen MR) is 69.5 cm³/mol. The van der Waals surface area contributed by atoms with Crippen molar-refractivity contribution in [2.24, 2.45) is 0 Å². The number of benzene rings is 1. The van der Waals surface area contributed by atoms with Crippen molar-refractivity contribution in [3.63, 3.8) is 0 Å². The molecule has 0 spiro atoms. The molecule has 0 fully saturated rings. The lowest BCUT2D eigenvalue weighted by Crippen LogP contribution is -2.36. The number of hydrogen-bond donors (Lipinski definition) is 2. The first kappa shape index (κ1) is 13.5. The Morgan fingerprint density at radius 1 is 1.26 bits per heavy atom. The fourth-order valence-corrected chi connectivity index (χ4v) is 1.71. The molecule has 0 aliphatic carbocycles. The van der Waals surface area contributed by atoms with Gasteiger partial charge in [0, 0.05) is 20.2 Å². The largest absolute Gasteiger partial charge is 0.486 e. The first-order valence-corrected chi connectivity index (χ1v) is 6.19. The summed E-state index contributed by atoms with van der Waals surface area (Å²) in [6, 6.07) is 5.42. The van der Waals surface area contributed by atoms with E-state index in [4.69, 9.17) is 14.2 Å². The second kappa shape index (κ2) is 6.84. The number of ether oxygens (including phenoxy) is 3. The molecule has 6 nitrogen and oxygen atoms in total. The van der Waals surface area contributed by atoms with Crippen molar-refractivity contribution in [2.75, 3.05) is 33.5 Å². The molecule has 2 amide bonds. The van der Waals surface area contributed by atoms with Crippen LogP contribution in [-0.2, 0) is 11.3 Å². The molecule has 2 rings (SSSR count). The maximum absolute atomic E-state index is 11.4. The summed E-state index contributed by atoms with van der Waals surface area (Å²) in [5.41, 5.74) is 0.964. The maximum Gasteiger partial charge on any atom is 0.315 e. The van der Waals surface area contributed by atoms with Crippen molar-refractivity contribution >= 4 is 6.03 Å². The van der Waals surface area contributed by atoms with E-state index in [1.54, 1.807) is 7.11 Å². The van der Waals surface area contributed by atoms with E-state index in [1.807, 2.05) is 18.2 Å². The zero-order chi connectivity index (χ0) is 13.5. The number of fused-ring (bicyclic) bond motifs is 1. The SMILES string of the molecule is COCCNC(=O)NCc1ccc2c(c1)OCCO2. The number of carbonyl (C=O) groups excluding carboxylic acids is 1. The fourth-order valence-electron chi connectivity index (χ4n) is 1.71. The average Bonchev–Trinajstić information content (AvgIpc) is 2.45. The van der Waals surface area contributed by atoms with Crippen LogP contribution in [0, 0.1) is 0 Å². The van der Waals surface area contributed by atoms with Gasteiger partial charge in [-0.25, -0.2) is 4.79 Å². The molecule has 0 saturated heterocycles. The molecule has 19 heavy (non-hydrogen) atoms. The molecule has 1 aliphatic rings. The van der Waals surface area contributed by atoms with Crippen molar-refractivity contribution < 1.29 is 19.0 Å². The molecule has 0 radical (unpaired) electrons. The van der Waals surface area contributed by atoms with Gasteiger partial charge in [-0.05, 0) is 17.7 Å². The fraction of sp³-hybridized carbons (Fsp3) is 0.462. The standard InChI is InChI=1S/C13H18N2O4/c1-17-5-4-14-13(16)15-9-10-2-3-11-12(8-10)19-7-6-18-11/h2-3,8H,4-7,9H2,1H3,(H2,14,15,16). The van der Waals surface area contributed by atoms with E-state index < -0.39 is 0 Å². The lowest BCUT2D eigenvalue weighted by atomic mass is 10.2. The molecule has 0 aromatic heterocycles. The summed E-state index contributed by atoms with van der Waals surface area (Å²) in [6.07, 6.45) is 0. The van der Waals surface area contributed by atoms with Crippen LogP contribution in [0.4, 0.5) is 4.79 Å². The molecule has 1 aliphatic heterocycles. The molecular weight excluding hydrogens is 248 g/mol. The van der Waals surface area contributed by atoms with Crippen molar-refractivity contribution in [3.8, 4) is 11.5 Å². The Bertz CT molecular complexity index is 437. The highest BCUT2D eigenvalue weighted by molar-refractivity contribution is 5.73. The summed E-state index contributed by atoms with van der Waals surface area (Å²) in [5, 5.41) is 5.45. The van der Waals surface area contributed by atoms with Gasteiger partial charge >= 0.3 is 6.03 Å². The lowest BCUT2D eigenvalue weighted by Gasteiger charge is -2.19. The quantitative estimate of drug-likeness (QED) is 0.777. The summed E-state index contributed by atoms with van der Waals surface area (Å²) in [6.45, 7) is 2.56. The summed E-state index contributed by atoms with van der Waals surface area (Å²) in [7, 11) is 1.59. The van der Waals surface area contributed by atoms with E-state index in [1.165, 1.54) is 0 Å². The smallest absolute Gasteiger partial charge is 0.315 e. The van der Waals surface area contributed by atoms with Gasteiger partial charge in [0.2, 0.25) is 0 Å². The zero-order valence-corrected chi connectivity index (χ0v) is 10.9. The summed E-state index contributed by atoms with van der Waals surface area (Å²) >= 11 is 0. The molecular formula is C13H18N2O4. The number of methoxy groups -OCH3 is 1. The van der Waals surface area contributed by atoms with Gasteiger partial charge < -0.3 is 24.8 Å². The second-order valence-electron chi connectivity index (χ2n) is 4.08. The minimum absolute atomic E-state index is 0.216. The van der Waals surface area contributed by atoms with E-state index in [0.29, 0.717) is 32.9 Å². The molecule has 0 atom stereocenters. The highest BCUT2D eigenvalue weighted by atomic mass is 16.6. The second-order valence-corrected chi connectivity index (χ2v) is 4.08. The Morgan fingerprint density at radius 2 is 2.05 bits per heavy atom. The lowest BCUT2D eigenvalue weighted by molar-refractivity contribution is 0.171. The number of carbonyl (C=O) groups is 1. The van der Waals surface area contributed by atoms with E-state index in [9.17, 15) is 4.79 Å². The maximum atomic E-state index is 11.4. The summed E-state index contributed by atoms with van der Waals surface area (Å²) in [4.78, 5) is 11.4. The van der Waals surface area contributed by atoms with E-state index in [-0.39, 0.29) is 6.03 Å². The van der Waals surface area contributed by atoms with Crippen molar-refractivity contribution in [3.05, 3.63) is 23.8 Å². The summed E-state index contributed by atoms with van der Waals surface area (Å²) in [5.74, 6) is 1.48. The van der Waals surface area contributed by atoms with Gasteiger partial charge in [0.25, 0.3) is 0 Å². The molecule has 104 valence electrons. The van der Waals surface area contributed by atoms with Crippen LogP contribution in [0.1, 0.15) is 5.56 Å². The highest BCUT2D eigenvalue weighted by Gasteiger charge is 2.11. The minimum atomic E-state index is -0.216. The van der Waals surface area contributed by atoms with Crippen LogP contribution in [0.5, 0.6) is 11.5 Å². The monoisotopic (exact) mass is 266 g/mol. The van der Waals surface area contributed by atoms with E-state index >= 15 is 0 Å². The van der Waals surface area contributed by atoms with E-state index in [0.717, 1.165) is 17.1 Å². The van der Waals surface area contributed by atoms with Crippen LogP contribution in [0.3, 0.4) is 0 Å².